The van der Waals surface area contributed by atoms with Gasteiger partial charge in [-0.05, 0) is 18.2 Å². The molecule has 0 aliphatic heterocycles. The van der Waals surface area contributed by atoms with Crippen LogP contribution in [0.25, 0.3) is 10.9 Å². The maximum atomic E-state index is 11.6. The topological polar surface area (TPSA) is 26.9 Å². The first-order valence-corrected chi connectivity index (χ1v) is 4.30. The van der Waals surface area contributed by atoms with Crippen LogP contribution in [0.3, 0.4) is 0 Å². The molecule has 2 aromatic rings. The Morgan fingerprint density at radius 1 is 1.23 bits per heavy atom. The van der Waals surface area contributed by atoms with Crippen LogP contribution in [0.1, 0.15) is 0 Å². The van der Waals surface area contributed by atoms with Crippen molar-refractivity contribution in [1.29, 1.82) is 0 Å². The van der Waals surface area contributed by atoms with Gasteiger partial charge < -0.3 is 0 Å². The fourth-order valence-electron chi connectivity index (χ4n) is 1.43. The molecule has 0 saturated heterocycles. The number of benzene rings is 1. The second-order valence-electron chi connectivity index (χ2n) is 3.01. The molecule has 3 nitrogen and oxygen atoms in total. The van der Waals surface area contributed by atoms with Crippen LogP contribution < -0.4 is 5.56 Å². The summed E-state index contributed by atoms with van der Waals surface area (Å²) < 4.78 is 3.36. The lowest BCUT2D eigenvalue weighted by atomic mass is 10.2. The zero-order valence-electron chi connectivity index (χ0n) is 7.41. The summed E-state index contributed by atoms with van der Waals surface area (Å²) in [6.45, 7) is 0. The van der Waals surface area contributed by atoms with Gasteiger partial charge in [0.15, 0.2) is 0 Å². The molecule has 0 spiro atoms. The molecule has 13 heavy (non-hydrogen) atoms. The van der Waals surface area contributed by atoms with Crippen molar-refractivity contribution in [2.75, 3.05) is 0 Å². The molecule has 0 amide bonds. The van der Waals surface area contributed by atoms with Gasteiger partial charge in [0, 0.05) is 19.1 Å². The number of aromatic nitrogens is 2. The van der Waals surface area contributed by atoms with E-state index in [1.807, 2.05) is 13.1 Å². The van der Waals surface area contributed by atoms with E-state index in [1.165, 1.54) is 0 Å². The minimum absolute atomic E-state index is 0.0139. The van der Waals surface area contributed by atoms with Gasteiger partial charge in [0.2, 0.25) is 0 Å². The predicted octanol–water partition coefficient (Wildman–Crippen LogP) is 1.53. The molecule has 1 heterocycles. The quantitative estimate of drug-likeness (QED) is 0.628. The number of aryl methyl sites for hydroxylation is 1. The minimum atomic E-state index is -0.0139. The van der Waals surface area contributed by atoms with E-state index in [0.717, 1.165) is 5.52 Å². The number of rotatable bonds is 0. The Hall–Kier alpha value is -1.22. The number of halogens is 1. The first-order valence-electron chi connectivity index (χ1n) is 3.92. The van der Waals surface area contributed by atoms with E-state index in [-0.39, 0.29) is 5.56 Å². The molecule has 0 aliphatic carbocycles. The Morgan fingerprint density at radius 3 is 2.62 bits per heavy atom. The van der Waals surface area contributed by atoms with Gasteiger partial charge in [-0.25, -0.2) is 0 Å². The van der Waals surface area contributed by atoms with Crippen molar-refractivity contribution < 1.29 is 0 Å². The number of fused-ring (bicyclic) bond motifs is 1. The summed E-state index contributed by atoms with van der Waals surface area (Å²) >= 11 is 5.79. The van der Waals surface area contributed by atoms with Crippen molar-refractivity contribution in [2.45, 2.75) is 0 Å². The van der Waals surface area contributed by atoms with Crippen LogP contribution >= 0.6 is 11.6 Å². The lowest BCUT2D eigenvalue weighted by Crippen LogP contribution is -2.16. The highest BCUT2D eigenvalue weighted by atomic mass is 35.5. The number of hydrogen-bond donors (Lipinski definition) is 0. The van der Waals surface area contributed by atoms with Gasteiger partial charge in [0.05, 0.1) is 10.9 Å². The summed E-state index contributed by atoms with van der Waals surface area (Å²) in [5.41, 5.74) is 0.886. The highest BCUT2D eigenvalue weighted by molar-refractivity contribution is 6.31. The van der Waals surface area contributed by atoms with Crippen molar-refractivity contribution in [3.8, 4) is 0 Å². The maximum Gasteiger partial charge on any atom is 0.274 e. The van der Waals surface area contributed by atoms with E-state index in [9.17, 15) is 4.79 Å². The molecular formula is C9H9ClN2O. The molecule has 0 aliphatic rings. The monoisotopic (exact) mass is 196 g/mol. The van der Waals surface area contributed by atoms with Crippen molar-refractivity contribution in [3.63, 3.8) is 0 Å². The third-order valence-electron chi connectivity index (χ3n) is 2.28. The average molecular weight is 197 g/mol. The first kappa shape index (κ1) is 8.38. The fourth-order valence-corrected chi connectivity index (χ4v) is 1.61. The van der Waals surface area contributed by atoms with Crippen molar-refractivity contribution in [3.05, 3.63) is 33.6 Å². The van der Waals surface area contributed by atoms with Gasteiger partial charge in [-0.1, -0.05) is 11.6 Å². The van der Waals surface area contributed by atoms with Crippen molar-refractivity contribution >= 4 is 22.5 Å². The normalized spacial score (nSPS) is 11.0. The fraction of sp³-hybridized carbons (Fsp3) is 0.222. The Bertz CT molecular complexity index is 524. The third-order valence-corrected chi connectivity index (χ3v) is 2.52. The molecule has 0 atom stereocenters. The minimum Gasteiger partial charge on any atom is -0.285 e. The van der Waals surface area contributed by atoms with Crippen LogP contribution in [0.5, 0.6) is 0 Å². The smallest absolute Gasteiger partial charge is 0.274 e. The largest absolute Gasteiger partial charge is 0.285 e. The van der Waals surface area contributed by atoms with Gasteiger partial charge in [-0.15, -0.1) is 0 Å². The highest BCUT2D eigenvalue weighted by Crippen LogP contribution is 2.15. The molecule has 0 unspecified atom stereocenters. The summed E-state index contributed by atoms with van der Waals surface area (Å²) in [6.07, 6.45) is 0. The van der Waals surface area contributed by atoms with E-state index in [1.54, 1.807) is 28.5 Å². The van der Waals surface area contributed by atoms with Crippen LogP contribution in [0.15, 0.2) is 23.0 Å². The lowest BCUT2D eigenvalue weighted by Gasteiger charge is -1.98. The Balaban J connectivity index is 3.04. The molecule has 4 heteroatoms. The van der Waals surface area contributed by atoms with Gasteiger partial charge >= 0.3 is 0 Å². The van der Waals surface area contributed by atoms with E-state index >= 15 is 0 Å². The van der Waals surface area contributed by atoms with Crippen molar-refractivity contribution in [2.24, 2.45) is 14.1 Å². The van der Waals surface area contributed by atoms with Crippen LogP contribution in [-0.4, -0.2) is 9.36 Å². The van der Waals surface area contributed by atoms with Crippen molar-refractivity contribution in [1.82, 2.24) is 9.36 Å². The average Bonchev–Trinajstić information content (AvgIpc) is 2.32. The number of hydrogen-bond acceptors (Lipinski definition) is 1. The molecule has 2 rings (SSSR count). The van der Waals surface area contributed by atoms with E-state index in [0.29, 0.717) is 10.4 Å². The molecule has 0 saturated carbocycles. The van der Waals surface area contributed by atoms with Crippen LogP contribution in [-0.2, 0) is 14.1 Å². The van der Waals surface area contributed by atoms with Gasteiger partial charge in [0.1, 0.15) is 0 Å². The van der Waals surface area contributed by atoms with Crippen LogP contribution in [0.4, 0.5) is 0 Å². The van der Waals surface area contributed by atoms with E-state index in [4.69, 9.17) is 11.6 Å². The Labute approximate surface area is 80.1 Å². The molecule has 1 aromatic carbocycles. The van der Waals surface area contributed by atoms with Gasteiger partial charge in [0.25, 0.3) is 5.56 Å². The highest BCUT2D eigenvalue weighted by Gasteiger charge is 2.06. The second kappa shape index (κ2) is 2.64. The van der Waals surface area contributed by atoms with Gasteiger partial charge in [-0.2, -0.15) is 0 Å². The van der Waals surface area contributed by atoms with E-state index in [2.05, 4.69) is 0 Å². The maximum absolute atomic E-state index is 11.6. The predicted molar refractivity (Wildman–Crippen MR) is 53.2 cm³/mol. The molecule has 1 aromatic heterocycles. The molecular weight excluding hydrogens is 188 g/mol. The summed E-state index contributed by atoms with van der Waals surface area (Å²) in [5.74, 6) is 0. The van der Waals surface area contributed by atoms with Crippen LogP contribution in [0.2, 0.25) is 5.02 Å². The standard InChI is InChI=1S/C9H9ClN2O/c1-11-8-4-3-6(10)5-7(8)9(13)12(11)2/h3-5H,1-2H3. The number of nitrogens with zero attached hydrogens (tertiary/aromatic N) is 2. The summed E-state index contributed by atoms with van der Waals surface area (Å²) in [5, 5.41) is 1.26. The zero-order valence-corrected chi connectivity index (χ0v) is 8.17. The molecule has 0 radical (unpaired) electrons. The summed E-state index contributed by atoms with van der Waals surface area (Å²) in [6, 6.07) is 5.32. The van der Waals surface area contributed by atoms with Gasteiger partial charge in [-0.3, -0.25) is 14.2 Å². The molecule has 0 N–H and O–H groups in total. The third kappa shape index (κ3) is 1.08. The molecule has 68 valence electrons. The van der Waals surface area contributed by atoms with Crippen LogP contribution in [0, 0.1) is 0 Å². The second-order valence-corrected chi connectivity index (χ2v) is 3.45. The first-order chi connectivity index (χ1) is 6.11. The SMILES string of the molecule is Cn1c(=O)c2cc(Cl)ccc2n1C. The Kier molecular flexibility index (Phi) is 1.70. The zero-order chi connectivity index (χ0) is 9.59. The molecule has 0 bridgehead atoms. The summed E-state index contributed by atoms with van der Waals surface area (Å²) in [4.78, 5) is 11.6. The lowest BCUT2D eigenvalue weighted by molar-refractivity contribution is 0.595. The van der Waals surface area contributed by atoms with E-state index < -0.39 is 0 Å². The Morgan fingerprint density at radius 2 is 1.92 bits per heavy atom. The summed E-state index contributed by atoms with van der Waals surface area (Å²) in [7, 11) is 3.58. The molecule has 0 fully saturated rings.